The van der Waals surface area contributed by atoms with Crippen LogP contribution in [0.1, 0.15) is 16.0 Å². The highest BCUT2D eigenvalue weighted by Gasteiger charge is 2.24. The fraction of sp³-hybridized carbons (Fsp3) is 0.435. The standard InChI is InChI=1S/C23H27N3O5S/c1-16-18(14-24-10-13-31-15-19(24)27)32-22-20(16)21(28)25(23(29)26(22)11-12-30-2)9-8-17-6-4-3-5-7-17/h3-7H,8-15H2,1-2H3. The SMILES string of the molecule is COCCn1c(=O)n(CCc2ccccc2)c(=O)c2c(C)c(CN3CCOCC3=O)sc21. The number of carbonyl (C=O) groups excluding carboxylic acids is 1. The Morgan fingerprint density at radius 2 is 1.88 bits per heavy atom. The number of benzene rings is 1. The number of aryl methyl sites for hydroxylation is 2. The molecule has 1 aromatic carbocycles. The minimum Gasteiger partial charge on any atom is -0.383 e. The molecule has 0 saturated carbocycles. The summed E-state index contributed by atoms with van der Waals surface area (Å²) < 4.78 is 13.4. The summed E-state index contributed by atoms with van der Waals surface area (Å²) in [5.41, 5.74) is 1.29. The fourth-order valence-electron chi connectivity index (χ4n) is 3.94. The Labute approximate surface area is 189 Å². The summed E-state index contributed by atoms with van der Waals surface area (Å²) in [6.45, 7) is 4.42. The van der Waals surface area contributed by atoms with Crippen molar-refractivity contribution < 1.29 is 14.3 Å². The molecule has 1 aliphatic heterocycles. The van der Waals surface area contributed by atoms with Crippen LogP contribution in [0, 0.1) is 6.92 Å². The number of ether oxygens (including phenoxy) is 2. The van der Waals surface area contributed by atoms with Gasteiger partial charge in [0.1, 0.15) is 11.4 Å². The average Bonchev–Trinajstić information content (AvgIpc) is 3.12. The molecule has 0 aliphatic carbocycles. The van der Waals surface area contributed by atoms with E-state index in [2.05, 4.69) is 0 Å². The van der Waals surface area contributed by atoms with E-state index in [0.29, 0.717) is 56.0 Å². The van der Waals surface area contributed by atoms with Crippen LogP contribution in [0.2, 0.25) is 0 Å². The van der Waals surface area contributed by atoms with E-state index in [4.69, 9.17) is 9.47 Å². The van der Waals surface area contributed by atoms with Crippen LogP contribution in [0.15, 0.2) is 39.9 Å². The maximum Gasteiger partial charge on any atom is 0.332 e. The lowest BCUT2D eigenvalue weighted by Crippen LogP contribution is -2.41. The predicted molar refractivity (Wildman–Crippen MR) is 123 cm³/mol. The van der Waals surface area contributed by atoms with Crippen molar-refractivity contribution in [2.45, 2.75) is 33.0 Å². The highest BCUT2D eigenvalue weighted by Crippen LogP contribution is 2.29. The molecule has 170 valence electrons. The molecule has 4 rings (SSSR count). The van der Waals surface area contributed by atoms with E-state index >= 15 is 0 Å². The first-order valence-corrected chi connectivity index (χ1v) is 11.5. The average molecular weight is 458 g/mol. The van der Waals surface area contributed by atoms with Crippen LogP contribution in [0.3, 0.4) is 0 Å². The van der Waals surface area contributed by atoms with Crippen LogP contribution in [-0.4, -0.2) is 53.4 Å². The van der Waals surface area contributed by atoms with Crippen molar-refractivity contribution in [3.8, 4) is 0 Å². The molecule has 1 aliphatic rings. The lowest BCUT2D eigenvalue weighted by molar-refractivity contribution is -0.143. The number of morpholine rings is 1. The van der Waals surface area contributed by atoms with Gasteiger partial charge < -0.3 is 14.4 Å². The van der Waals surface area contributed by atoms with Crippen molar-refractivity contribution in [3.05, 3.63) is 67.2 Å². The van der Waals surface area contributed by atoms with Crippen molar-refractivity contribution in [2.75, 3.05) is 33.5 Å². The lowest BCUT2D eigenvalue weighted by Gasteiger charge is -2.26. The third-order valence-corrected chi connectivity index (χ3v) is 7.10. The normalized spacial score (nSPS) is 14.4. The summed E-state index contributed by atoms with van der Waals surface area (Å²) in [5.74, 6) is -0.0647. The second-order valence-electron chi connectivity index (χ2n) is 7.82. The van der Waals surface area contributed by atoms with E-state index in [0.717, 1.165) is 16.0 Å². The number of rotatable bonds is 8. The van der Waals surface area contributed by atoms with Crippen molar-refractivity contribution in [1.82, 2.24) is 14.0 Å². The molecule has 0 N–H and O–H groups in total. The Hall–Kier alpha value is -2.75. The summed E-state index contributed by atoms with van der Waals surface area (Å²) in [7, 11) is 1.59. The summed E-state index contributed by atoms with van der Waals surface area (Å²) in [5, 5.41) is 0.550. The smallest absolute Gasteiger partial charge is 0.332 e. The molecule has 3 heterocycles. The minimum absolute atomic E-state index is 0.0647. The minimum atomic E-state index is -0.328. The zero-order valence-corrected chi connectivity index (χ0v) is 19.2. The molecular formula is C23H27N3O5S. The van der Waals surface area contributed by atoms with Crippen LogP contribution in [0.4, 0.5) is 0 Å². The molecule has 0 radical (unpaired) electrons. The van der Waals surface area contributed by atoms with Crippen LogP contribution in [-0.2, 0) is 40.3 Å². The molecule has 0 spiro atoms. The maximum absolute atomic E-state index is 13.4. The number of nitrogens with zero attached hydrogens (tertiary/aromatic N) is 3. The largest absolute Gasteiger partial charge is 0.383 e. The third kappa shape index (κ3) is 4.41. The van der Waals surface area contributed by atoms with Gasteiger partial charge in [-0.05, 0) is 24.5 Å². The summed E-state index contributed by atoms with van der Waals surface area (Å²) in [6, 6.07) is 9.80. The zero-order valence-electron chi connectivity index (χ0n) is 18.3. The molecule has 9 heteroatoms. The number of aromatic nitrogens is 2. The van der Waals surface area contributed by atoms with Gasteiger partial charge in [0.25, 0.3) is 5.56 Å². The first kappa shape index (κ1) is 22.4. The fourth-order valence-corrected chi connectivity index (χ4v) is 5.28. The second kappa shape index (κ2) is 9.81. The number of amides is 1. The van der Waals surface area contributed by atoms with Crippen molar-refractivity contribution in [1.29, 1.82) is 0 Å². The monoisotopic (exact) mass is 457 g/mol. The molecule has 1 amide bonds. The molecule has 2 aromatic heterocycles. The quantitative estimate of drug-likeness (QED) is 0.515. The molecule has 0 unspecified atom stereocenters. The first-order valence-electron chi connectivity index (χ1n) is 10.6. The number of methoxy groups -OCH3 is 1. The highest BCUT2D eigenvalue weighted by molar-refractivity contribution is 7.18. The van der Waals surface area contributed by atoms with Crippen LogP contribution in [0.25, 0.3) is 10.2 Å². The summed E-state index contributed by atoms with van der Waals surface area (Å²) in [4.78, 5) is 42.2. The van der Waals surface area contributed by atoms with Gasteiger partial charge in [0, 0.05) is 25.1 Å². The van der Waals surface area contributed by atoms with Gasteiger partial charge in [0.2, 0.25) is 5.91 Å². The van der Waals surface area contributed by atoms with Gasteiger partial charge in [-0.3, -0.25) is 18.7 Å². The second-order valence-corrected chi connectivity index (χ2v) is 8.90. The Morgan fingerprint density at radius 3 is 2.59 bits per heavy atom. The van der Waals surface area contributed by atoms with E-state index in [1.165, 1.54) is 15.9 Å². The highest BCUT2D eigenvalue weighted by atomic mass is 32.1. The number of hydrogen-bond acceptors (Lipinski definition) is 6. The van der Waals surface area contributed by atoms with Gasteiger partial charge in [-0.15, -0.1) is 11.3 Å². The molecule has 3 aromatic rings. The Balaban J connectivity index is 1.77. The number of thiophene rings is 1. The molecule has 1 fully saturated rings. The lowest BCUT2D eigenvalue weighted by atomic mass is 10.1. The van der Waals surface area contributed by atoms with Crippen LogP contribution < -0.4 is 11.2 Å². The molecule has 0 bridgehead atoms. The van der Waals surface area contributed by atoms with Crippen LogP contribution >= 0.6 is 11.3 Å². The van der Waals surface area contributed by atoms with Gasteiger partial charge in [-0.1, -0.05) is 30.3 Å². The van der Waals surface area contributed by atoms with Gasteiger partial charge in [-0.2, -0.15) is 0 Å². The van der Waals surface area contributed by atoms with Crippen molar-refractivity contribution >= 4 is 27.5 Å². The summed E-state index contributed by atoms with van der Waals surface area (Å²) in [6.07, 6.45) is 0.587. The molecule has 8 nitrogen and oxygen atoms in total. The predicted octanol–water partition coefficient (Wildman–Crippen LogP) is 1.78. The third-order valence-electron chi connectivity index (χ3n) is 5.80. The number of carbonyl (C=O) groups is 1. The van der Waals surface area contributed by atoms with E-state index in [1.54, 1.807) is 16.6 Å². The molecule has 1 saturated heterocycles. The van der Waals surface area contributed by atoms with Gasteiger partial charge in [-0.25, -0.2) is 4.79 Å². The van der Waals surface area contributed by atoms with Gasteiger partial charge in [0.15, 0.2) is 0 Å². The van der Waals surface area contributed by atoms with Crippen LogP contribution in [0.5, 0.6) is 0 Å². The first-order chi connectivity index (χ1) is 15.5. The topological polar surface area (TPSA) is 82.8 Å². The van der Waals surface area contributed by atoms with E-state index < -0.39 is 0 Å². The number of hydrogen-bond donors (Lipinski definition) is 0. The Kier molecular flexibility index (Phi) is 6.88. The summed E-state index contributed by atoms with van der Waals surface area (Å²) >= 11 is 1.41. The van der Waals surface area contributed by atoms with Gasteiger partial charge >= 0.3 is 5.69 Å². The Morgan fingerprint density at radius 1 is 1.09 bits per heavy atom. The molecular weight excluding hydrogens is 430 g/mol. The van der Waals surface area contributed by atoms with E-state index in [-0.39, 0.29) is 23.8 Å². The molecule has 32 heavy (non-hydrogen) atoms. The Bertz CT molecular complexity index is 1230. The van der Waals surface area contributed by atoms with Crippen molar-refractivity contribution in [3.63, 3.8) is 0 Å². The maximum atomic E-state index is 13.4. The zero-order chi connectivity index (χ0) is 22.7. The van der Waals surface area contributed by atoms with Crippen molar-refractivity contribution in [2.24, 2.45) is 0 Å². The van der Waals surface area contributed by atoms with E-state index in [1.807, 2.05) is 37.3 Å². The number of fused-ring (bicyclic) bond motifs is 1. The van der Waals surface area contributed by atoms with E-state index in [9.17, 15) is 14.4 Å². The van der Waals surface area contributed by atoms with Gasteiger partial charge in [0.05, 0.1) is 31.7 Å². The molecule has 0 atom stereocenters.